The maximum atomic E-state index is 9.78. The number of ether oxygens (including phenoxy) is 1. The van der Waals surface area contributed by atoms with Gasteiger partial charge in [0, 0.05) is 12.6 Å². The fourth-order valence-electron chi connectivity index (χ4n) is 2.01. The van der Waals surface area contributed by atoms with Crippen LogP contribution < -0.4 is 10.1 Å². The summed E-state index contributed by atoms with van der Waals surface area (Å²) in [4.78, 5) is 0. The first kappa shape index (κ1) is 16.0. The van der Waals surface area contributed by atoms with Crippen LogP contribution in [0, 0.1) is 6.92 Å². The second kappa shape index (κ2) is 7.51. The van der Waals surface area contributed by atoms with Crippen molar-refractivity contribution < 1.29 is 9.84 Å². The van der Waals surface area contributed by atoms with Crippen LogP contribution in [-0.4, -0.2) is 30.4 Å². The zero-order valence-electron chi connectivity index (χ0n) is 12.7. The van der Waals surface area contributed by atoms with Gasteiger partial charge in [0.15, 0.2) is 0 Å². The lowest BCUT2D eigenvalue weighted by Crippen LogP contribution is -2.35. The number of aliphatic hydroxyl groups excluding tert-OH is 1. The monoisotopic (exact) mass is 265 g/mol. The van der Waals surface area contributed by atoms with E-state index in [-0.39, 0.29) is 0 Å². The average Bonchev–Trinajstić information content (AvgIpc) is 2.33. The van der Waals surface area contributed by atoms with Crippen molar-refractivity contribution in [1.29, 1.82) is 0 Å². The molecule has 0 fully saturated rings. The zero-order valence-corrected chi connectivity index (χ0v) is 12.7. The Morgan fingerprint density at radius 2 is 1.89 bits per heavy atom. The van der Waals surface area contributed by atoms with E-state index in [1.165, 1.54) is 11.1 Å². The molecule has 3 heteroatoms. The average molecular weight is 265 g/mol. The summed E-state index contributed by atoms with van der Waals surface area (Å²) in [5.41, 5.74) is 2.58. The van der Waals surface area contributed by atoms with Crippen LogP contribution in [-0.2, 0) is 0 Å². The van der Waals surface area contributed by atoms with Gasteiger partial charge in [0.1, 0.15) is 18.5 Å². The third kappa shape index (κ3) is 5.62. The smallest absolute Gasteiger partial charge is 0.119 e. The van der Waals surface area contributed by atoms with Gasteiger partial charge in [-0.2, -0.15) is 0 Å². The summed E-state index contributed by atoms with van der Waals surface area (Å²) in [6.45, 7) is 11.5. The van der Waals surface area contributed by atoms with Crippen LogP contribution >= 0.6 is 0 Å². The third-order valence-corrected chi connectivity index (χ3v) is 3.07. The number of hydrogen-bond acceptors (Lipinski definition) is 3. The zero-order chi connectivity index (χ0) is 14.4. The third-order valence-electron chi connectivity index (χ3n) is 3.07. The van der Waals surface area contributed by atoms with Crippen LogP contribution in [0.25, 0.3) is 0 Å². The molecule has 2 N–H and O–H groups in total. The van der Waals surface area contributed by atoms with Crippen molar-refractivity contribution in [2.75, 3.05) is 13.2 Å². The Bertz CT molecular complexity index is 388. The van der Waals surface area contributed by atoms with Crippen molar-refractivity contribution in [3.8, 4) is 5.75 Å². The fraction of sp³-hybridized carbons (Fsp3) is 0.625. The van der Waals surface area contributed by atoms with Gasteiger partial charge in [-0.05, 0) is 36.1 Å². The number of nitrogens with one attached hydrogen (secondary N) is 1. The van der Waals surface area contributed by atoms with Crippen LogP contribution in [0.5, 0.6) is 5.75 Å². The largest absolute Gasteiger partial charge is 0.491 e. The van der Waals surface area contributed by atoms with Crippen LogP contribution in [0.1, 0.15) is 44.7 Å². The molecule has 0 saturated heterocycles. The fourth-order valence-corrected chi connectivity index (χ4v) is 2.01. The van der Waals surface area contributed by atoms with Gasteiger partial charge in [0.05, 0.1) is 0 Å². The Hall–Kier alpha value is -1.06. The highest BCUT2D eigenvalue weighted by Gasteiger charge is 2.08. The van der Waals surface area contributed by atoms with E-state index >= 15 is 0 Å². The summed E-state index contributed by atoms with van der Waals surface area (Å²) >= 11 is 0. The molecule has 0 saturated carbocycles. The second-order valence-electron chi connectivity index (χ2n) is 5.70. The van der Waals surface area contributed by atoms with Crippen molar-refractivity contribution in [1.82, 2.24) is 5.32 Å². The molecule has 0 aromatic heterocycles. The van der Waals surface area contributed by atoms with E-state index in [9.17, 15) is 5.11 Å². The quantitative estimate of drug-likeness (QED) is 0.796. The van der Waals surface area contributed by atoms with Gasteiger partial charge in [0.25, 0.3) is 0 Å². The molecule has 3 nitrogen and oxygen atoms in total. The first-order chi connectivity index (χ1) is 8.90. The highest BCUT2D eigenvalue weighted by Crippen LogP contribution is 2.23. The molecule has 0 aliphatic heterocycles. The molecule has 1 atom stereocenters. The molecule has 1 aromatic rings. The Morgan fingerprint density at radius 1 is 1.21 bits per heavy atom. The van der Waals surface area contributed by atoms with Gasteiger partial charge >= 0.3 is 0 Å². The minimum absolute atomic E-state index is 0.320. The maximum absolute atomic E-state index is 9.78. The molecule has 0 heterocycles. The lowest BCUT2D eigenvalue weighted by atomic mass is 9.98. The molecule has 108 valence electrons. The van der Waals surface area contributed by atoms with Gasteiger partial charge in [-0.15, -0.1) is 0 Å². The Balaban J connectivity index is 2.47. The highest BCUT2D eigenvalue weighted by atomic mass is 16.5. The van der Waals surface area contributed by atoms with Crippen LogP contribution in [0.3, 0.4) is 0 Å². The van der Waals surface area contributed by atoms with Crippen LogP contribution in [0.15, 0.2) is 18.2 Å². The van der Waals surface area contributed by atoms with E-state index in [1.54, 1.807) is 0 Å². The van der Waals surface area contributed by atoms with Crippen molar-refractivity contribution in [2.45, 2.75) is 52.7 Å². The lowest BCUT2D eigenvalue weighted by Gasteiger charge is -2.16. The van der Waals surface area contributed by atoms with Crippen molar-refractivity contribution in [3.63, 3.8) is 0 Å². The minimum atomic E-state index is -0.479. The predicted octanol–water partition coefficient (Wildman–Crippen LogP) is 2.86. The van der Waals surface area contributed by atoms with Gasteiger partial charge < -0.3 is 15.2 Å². The molecule has 0 bridgehead atoms. The van der Waals surface area contributed by atoms with Crippen molar-refractivity contribution in [2.24, 2.45) is 0 Å². The Labute approximate surface area is 117 Å². The number of aryl methyl sites for hydroxylation is 1. The van der Waals surface area contributed by atoms with Gasteiger partial charge in [-0.1, -0.05) is 33.8 Å². The number of aliphatic hydroxyl groups is 1. The number of hydrogen-bond donors (Lipinski definition) is 2. The van der Waals surface area contributed by atoms with E-state index in [4.69, 9.17) is 4.74 Å². The van der Waals surface area contributed by atoms with Crippen molar-refractivity contribution >= 4 is 0 Å². The minimum Gasteiger partial charge on any atom is -0.491 e. The SMILES string of the molecule is Cc1cc(OC[C@@H](O)CNC(C)C)ccc1C(C)C. The molecule has 1 rings (SSSR count). The van der Waals surface area contributed by atoms with E-state index in [0.717, 1.165) is 5.75 Å². The molecule has 0 aliphatic carbocycles. The van der Waals surface area contributed by atoms with Gasteiger partial charge in [0.2, 0.25) is 0 Å². The molecular formula is C16H27NO2. The highest BCUT2D eigenvalue weighted by molar-refractivity contribution is 5.36. The van der Waals surface area contributed by atoms with Crippen LogP contribution in [0.2, 0.25) is 0 Å². The lowest BCUT2D eigenvalue weighted by molar-refractivity contribution is 0.104. The number of benzene rings is 1. The topological polar surface area (TPSA) is 41.5 Å². The first-order valence-electron chi connectivity index (χ1n) is 7.05. The molecule has 0 spiro atoms. The van der Waals surface area contributed by atoms with E-state index in [1.807, 2.05) is 12.1 Å². The van der Waals surface area contributed by atoms with Crippen LogP contribution in [0.4, 0.5) is 0 Å². The number of rotatable bonds is 7. The van der Waals surface area contributed by atoms with E-state index in [2.05, 4.69) is 46.0 Å². The molecule has 0 aliphatic rings. The summed E-state index contributed by atoms with van der Waals surface area (Å²) in [6.07, 6.45) is -0.479. The first-order valence-corrected chi connectivity index (χ1v) is 7.05. The standard InChI is InChI=1S/C16H27NO2/c1-11(2)16-7-6-15(8-13(16)5)19-10-14(18)9-17-12(3)4/h6-8,11-12,14,17-18H,9-10H2,1-5H3/t14-/m0/s1. The molecule has 19 heavy (non-hydrogen) atoms. The second-order valence-corrected chi connectivity index (χ2v) is 5.70. The summed E-state index contributed by atoms with van der Waals surface area (Å²) in [5, 5.41) is 13.0. The van der Waals surface area contributed by atoms with Gasteiger partial charge in [-0.3, -0.25) is 0 Å². The van der Waals surface area contributed by atoms with E-state index < -0.39 is 6.10 Å². The Kier molecular flexibility index (Phi) is 6.32. The summed E-state index contributed by atoms with van der Waals surface area (Å²) in [5.74, 6) is 1.35. The maximum Gasteiger partial charge on any atom is 0.119 e. The van der Waals surface area contributed by atoms with Crippen molar-refractivity contribution in [3.05, 3.63) is 29.3 Å². The molecule has 0 radical (unpaired) electrons. The summed E-state index contributed by atoms with van der Waals surface area (Å²) in [6, 6.07) is 6.50. The summed E-state index contributed by atoms with van der Waals surface area (Å²) in [7, 11) is 0. The molecular weight excluding hydrogens is 238 g/mol. The summed E-state index contributed by atoms with van der Waals surface area (Å²) < 4.78 is 5.63. The molecule has 1 aromatic carbocycles. The normalized spacial score (nSPS) is 13.1. The van der Waals surface area contributed by atoms with E-state index in [0.29, 0.717) is 25.1 Å². The Morgan fingerprint density at radius 3 is 2.42 bits per heavy atom. The molecule has 0 amide bonds. The molecule has 0 unspecified atom stereocenters. The predicted molar refractivity (Wildman–Crippen MR) is 79.9 cm³/mol. The van der Waals surface area contributed by atoms with Gasteiger partial charge in [-0.25, -0.2) is 0 Å².